The van der Waals surface area contributed by atoms with E-state index in [1.165, 1.54) is 12.1 Å². The monoisotopic (exact) mass is 345 g/mol. The highest BCUT2D eigenvalue weighted by atomic mass is 32.2. The minimum Gasteiger partial charge on any atom is -0.315 e. The summed E-state index contributed by atoms with van der Waals surface area (Å²) in [6, 6.07) is 2.56. The van der Waals surface area contributed by atoms with Crippen molar-refractivity contribution in [1.82, 2.24) is 14.6 Å². The molecule has 2 bridgehead atoms. The highest BCUT2D eigenvalue weighted by Gasteiger charge is 2.43. The van der Waals surface area contributed by atoms with Crippen molar-refractivity contribution in [2.24, 2.45) is 0 Å². The number of hydrogen-bond acceptors (Lipinski definition) is 6. The van der Waals surface area contributed by atoms with Gasteiger partial charge in [-0.05, 0) is 37.9 Å². The number of sulfone groups is 1. The molecule has 2 aliphatic heterocycles. The van der Waals surface area contributed by atoms with E-state index in [1.54, 1.807) is 4.31 Å². The zero-order valence-corrected chi connectivity index (χ0v) is 13.9. The number of aromatic nitrogens is 1. The number of nitrogens with zero attached hydrogens (tertiary/aromatic N) is 2. The summed E-state index contributed by atoms with van der Waals surface area (Å²) in [5.41, 5.74) is 0. The molecule has 2 fully saturated rings. The first kappa shape index (κ1) is 15.9. The molecule has 0 saturated carbocycles. The fraction of sp³-hybridized carbons (Fsp3) is 0.615. The lowest BCUT2D eigenvalue weighted by Gasteiger charge is -2.26. The van der Waals surface area contributed by atoms with Gasteiger partial charge in [0.1, 0.15) is 4.90 Å². The van der Waals surface area contributed by atoms with Crippen molar-refractivity contribution >= 4 is 19.9 Å². The number of rotatable bonds is 3. The number of fused-ring (bicyclic) bond motifs is 2. The molecule has 0 amide bonds. The van der Waals surface area contributed by atoms with Crippen LogP contribution in [-0.2, 0) is 19.9 Å². The molecule has 0 radical (unpaired) electrons. The van der Waals surface area contributed by atoms with Gasteiger partial charge in [-0.1, -0.05) is 0 Å². The second-order valence-corrected chi connectivity index (χ2v) is 9.62. The lowest BCUT2D eigenvalue weighted by atomic mass is 10.1. The zero-order chi connectivity index (χ0) is 16.0. The third-order valence-corrected chi connectivity index (χ3v) is 7.24. The Bertz CT molecular complexity index is 745. The SMILES string of the molecule is CS(=O)(=O)c1ccc(S(=O)(=O)N2C3CCNCC2CC3)cn1. The fourth-order valence-corrected chi connectivity index (χ4v) is 5.60. The Kier molecular flexibility index (Phi) is 4.00. The van der Waals surface area contributed by atoms with Crippen LogP contribution >= 0.6 is 0 Å². The maximum absolute atomic E-state index is 12.9. The van der Waals surface area contributed by atoms with Crippen molar-refractivity contribution in [3.05, 3.63) is 18.3 Å². The molecule has 2 aliphatic rings. The molecule has 122 valence electrons. The summed E-state index contributed by atoms with van der Waals surface area (Å²) in [4.78, 5) is 3.85. The molecule has 9 heteroatoms. The van der Waals surface area contributed by atoms with Crippen LogP contribution in [0, 0.1) is 0 Å². The van der Waals surface area contributed by atoms with Crippen LogP contribution in [0.4, 0.5) is 0 Å². The molecular formula is C13H19N3O4S2. The van der Waals surface area contributed by atoms with Gasteiger partial charge in [0.25, 0.3) is 0 Å². The minimum absolute atomic E-state index is 0.0135. The Labute approximate surface area is 130 Å². The Balaban J connectivity index is 1.96. The van der Waals surface area contributed by atoms with Crippen LogP contribution in [0.5, 0.6) is 0 Å². The summed E-state index contributed by atoms with van der Waals surface area (Å²) >= 11 is 0. The molecule has 0 spiro atoms. The average molecular weight is 345 g/mol. The van der Waals surface area contributed by atoms with E-state index in [0.29, 0.717) is 6.54 Å². The maximum atomic E-state index is 12.9. The molecule has 2 atom stereocenters. The van der Waals surface area contributed by atoms with Gasteiger partial charge in [0.2, 0.25) is 10.0 Å². The fourth-order valence-electron chi connectivity index (χ4n) is 3.19. The number of hydrogen-bond donors (Lipinski definition) is 1. The first-order valence-electron chi connectivity index (χ1n) is 7.20. The van der Waals surface area contributed by atoms with Gasteiger partial charge in [0.05, 0.1) is 0 Å². The molecule has 22 heavy (non-hydrogen) atoms. The van der Waals surface area contributed by atoms with Crippen LogP contribution in [0.3, 0.4) is 0 Å². The largest absolute Gasteiger partial charge is 0.315 e. The number of pyridine rings is 1. The first-order chi connectivity index (χ1) is 10.3. The lowest BCUT2D eigenvalue weighted by Crippen LogP contribution is -2.42. The number of nitrogens with one attached hydrogen (secondary N) is 1. The van der Waals surface area contributed by atoms with Crippen molar-refractivity contribution in [3.63, 3.8) is 0 Å². The van der Waals surface area contributed by atoms with Gasteiger partial charge < -0.3 is 5.32 Å². The van der Waals surface area contributed by atoms with E-state index < -0.39 is 19.9 Å². The van der Waals surface area contributed by atoms with E-state index in [1.807, 2.05) is 0 Å². The van der Waals surface area contributed by atoms with Crippen LogP contribution in [0.1, 0.15) is 19.3 Å². The van der Waals surface area contributed by atoms with Gasteiger partial charge in [-0.3, -0.25) is 0 Å². The van der Waals surface area contributed by atoms with Crippen molar-refractivity contribution < 1.29 is 16.8 Å². The topological polar surface area (TPSA) is 96.4 Å². The third kappa shape index (κ3) is 2.78. The van der Waals surface area contributed by atoms with E-state index in [2.05, 4.69) is 10.3 Å². The third-order valence-electron chi connectivity index (χ3n) is 4.25. The van der Waals surface area contributed by atoms with Gasteiger partial charge in [0.15, 0.2) is 14.9 Å². The summed E-state index contributed by atoms with van der Waals surface area (Å²) in [5, 5.41) is 3.14. The molecule has 0 aliphatic carbocycles. The van der Waals surface area contributed by atoms with E-state index in [0.717, 1.165) is 38.3 Å². The Morgan fingerprint density at radius 3 is 2.50 bits per heavy atom. The van der Waals surface area contributed by atoms with Gasteiger partial charge in [0, 0.05) is 31.1 Å². The molecule has 3 heterocycles. The highest BCUT2D eigenvalue weighted by Crippen LogP contribution is 2.33. The predicted molar refractivity (Wildman–Crippen MR) is 80.7 cm³/mol. The van der Waals surface area contributed by atoms with Crippen LogP contribution in [-0.4, -0.2) is 57.6 Å². The van der Waals surface area contributed by atoms with Gasteiger partial charge in [-0.2, -0.15) is 4.31 Å². The first-order valence-corrected chi connectivity index (χ1v) is 10.5. The smallest absolute Gasteiger partial charge is 0.245 e. The van der Waals surface area contributed by atoms with Crippen LogP contribution in [0.2, 0.25) is 0 Å². The van der Waals surface area contributed by atoms with E-state index in [-0.39, 0.29) is 22.0 Å². The zero-order valence-electron chi connectivity index (χ0n) is 12.3. The molecule has 1 aromatic rings. The van der Waals surface area contributed by atoms with Crippen molar-refractivity contribution in [3.8, 4) is 0 Å². The summed E-state index contributed by atoms with van der Waals surface area (Å²) in [7, 11) is -7.08. The normalized spacial score (nSPS) is 26.8. The van der Waals surface area contributed by atoms with Crippen LogP contribution in [0.15, 0.2) is 28.3 Å². The van der Waals surface area contributed by atoms with Crippen LogP contribution < -0.4 is 5.32 Å². The minimum atomic E-state index is -3.65. The molecule has 2 saturated heterocycles. The second kappa shape index (κ2) is 5.55. The summed E-state index contributed by atoms with van der Waals surface area (Å²) < 4.78 is 50.2. The van der Waals surface area contributed by atoms with Crippen molar-refractivity contribution in [2.75, 3.05) is 19.3 Å². The quantitative estimate of drug-likeness (QED) is 0.828. The molecule has 2 unspecified atom stereocenters. The molecular weight excluding hydrogens is 326 g/mol. The predicted octanol–water partition coefficient (Wildman–Crippen LogP) is 0.000100. The maximum Gasteiger partial charge on any atom is 0.245 e. The average Bonchev–Trinajstić information content (AvgIpc) is 2.72. The van der Waals surface area contributed by atoms with Gasteiger partial charge >= 0.3 is 0 Å². The van der Waals surface area contributed by atoms with E-state index >= 15 is 0 Å². The molecule has 3 rings (SSSR count). The van der Waals surface area contributed by atoms with Crippen molar-refractivity contribution in [1.29, 1.82) is 0 Å². The highest BCUT2D eigenvalue weighted by molar-refractivity contribution is 7.90. The lowest BCUT2D eigenvalue weighted by molar-refractivity contribution is 0.334. The Hall–Kier alpha value is -1.03. The van der Waals surface area contributed by atoms with Crippen LogP contribution in [0.25, 0.3) is 0 Å². The standard InChI is InChI=1S/C13H19N3O4S2/c1-21(17,18)13-5-4-12(9-15-13)22(19,20)16-10-2-3-11(16)8-14-7-6-10/h4-5,9-11,14H,2-3,6-8H2,1H3. The van der Waals surface area contributed by atoms with Crippen molar-refractivity contribution in [2.45, 2.75) is 41.3 Å². The van der Waals surface area contributed by atoms with E-state index in [9.17, 15) is 16.8 Å². The Morgan fingerprint density at radius 1 is 1.14 bits per heavy atom. The molecule has 0 aromatic carbocycles. The molecule has 1 N–H and O–H groups in total. The summed E-state index contributed by atoms with van der Waals surface area (Å²) in [6.45, 7) is 1.48. The van der Waals surface area contributed by atoms with Gasteiger partial charge in [-0.25, -0.2) is 21.8 Å². The summed E-state index contributed by atoms with van der Waals surface area (Å²) in [5.74, 6) is 0. The van der Waals surface area contributed by atoms with Gasteiger partial charge in [-0.15, -0.1) is 0 Å². The van der Waals surface area contributed by atoms with E-state index in [4.69, 9.17) is 0 Å². The molecule has 1 aromatic heterocycles. The number of sulfonamides is 1. The summed E-state index contributed by atoms with van der Waals surface area (Å²) in [6.07, 6.45) is 4.71. The Morgan fingerprint density at radius 2 is 1.86 bits per heavy atom. The molecule has 7 nitrogen and oxygen atoms in total. The second-order valence-electron chi connectivity index (χ2n) is 5.82.